The molecule has 1 atom stereocenters. The SMILES string of the molecule is COc1ccc(Cl)cc1[C@H](C)NCC(C)(C)NS(C)(=O)=O. The third kappa shape index (κ3) is 6.22. The molecule has 5 nitrogen and oxygen atoms in total. The molecule has 1 aromatic carbocycles. The Morgan fingerprint density at radius 1 is 1.38 bits per heavy atom. The van der Waals surface area contributed by atoms with Crippen LogP contribution in [0.1, 0.15) is 32.4 Å². The quantitative estimate of drug-likeness (QED) is 0.803. The number of benzene rings is 1. The van der Waals surface area contributed by atoms with Crippen LogP contribution in [0.2, 0.25) is 5.02 Å². The summed E-state index contributed by atoms with van der Waals surface area (Å²) in [6.45, 7) is 6.09. The number of hydrogen-bond acceptors (Lipinski definition) is 4. The highest BCUT2D eigenvalue weighted by molar-refractivity contribution is 7.88. The van der Waals surface area contributed by atoms with E-state index in [0.717, 1.165) is 17.6 Å². The molecule has 0 saturated carbocycles. The number of methoxy groups -OCH3 is 1. The summed E-state index contributed by atoms with van der Waals surface area (Å²) in [7, 11) is -1.64. The van der Waals surface area contributed by atoms with E-state index in [-0.39, 0.29) is 6.04 Å². The van der Waals surface area contributed by atoms with E-state index in [1.54, 1.807) is 13.2 Å². The Labute approximate surface area is 132 Å². The highest BCUT2D eigenvalue weighted by Gasteiger charge is 2.23. The summed E-state index contributed by atoms with van der Waals surface area (Å²) < 4.78 is 30.6. The second kappa shape index (κ2) is 6.96. The predicted octanol–water partition coefficient (Wildman–Crippen LogP) is 2.33. The van der Waals surface area contributed by atoms with Gasteiger partial charge in [-0.2, -0.15) is 0 Å². The van der Waals surface area contributed by atoms with Gasteiger partial charge in [-0.1, -0.05) is 11.6 Å². The van der Waals surface area contributed by atoms with Gasteiger partial charge in [0.1, 0.15) is 5.75 Å². The van der Waals surface area contributed by atoms with Gasteiger partial charge in [0, 0.05) is 28.7 Å². The van der Waals surface area contributed by atoms with Crippen LogP contribution in [0.5, 0.6) is 5.75 Å². The first kappa shape index (κ1) is 18.2. The van der Waals surface area contributed by atoms with Gasteiger partial charge in [0.25, 0.3) is 0 Å². The minimum atomic E-state index is -3.25. The molecule has 120 valence electrons. The number of ether oxygens (including phenoxy) is 1. The van der Waals surface area contributed by atoms with Crippen molar-refractivity contribution in [2.75, 3.05) is 19.9 Å². The van der Waals surface area contributed by atoms with Gasteiger partial charge in [0.05, 0.1) is 13.4 Å². The average Bonchev–Trinajstić information content (AvgIpc) is 2.33. The molecule has 21 heavy (non-hydrogen) atoms. The zero-order valence-electron chi connectivity index (χ0n) is 13.0. The third-order valence-electron chi connectivity index (χ3n) is 2.97. The third-order valence-corrected chi connectivity index (χ3v) is 4.13. The Kier molecular flexibility index (Phi) is 6.04. The van der Waals surface area contributed by atoms with Gasteiger partial charge in [-0.05, 0) is 39.0 Å². The van der Waals surface area contributed by atoms with Crippen molar-refractivity contribution < 1.29 is 13.2 Å². The van der Waals surface area contributed by atoms with Crippen molar-refractivity contribution in [3.8, 4) is 5.75 Å². The Balaban J connectivity index is 2.78. The van der Waals surface area contributed by atoms with E-state index in [2.05, 4.69) is 10.0 Å². The first-order valence-corrected chi connectivity index (χ1v) is 8.87. The highest BCUT2D eigenvalue weighted by Crippen LogP contribution is 2.28. The molecule has 0 spiro atoms. The molecule has 0 fully saturated rings. The summed E-state index contributed by atoms with van der Waals surface area (Å²) in [5, 5.41) is 3.93. The van der Waals surface area contributed by atoms with Gasteiger partial charge in [-0.25, -0.2) is 13.1 Å². The van der Waals surface area contributed by atoms with Gasteiger partial charge in [0.15, 0.2) is 0 Å². The lowest BCUT2D eigenvalue weighted by Crippen LogP contribution is -2.50. The van der Waals surface area contributed by atoms with Crippen LogP contribution in [-0.4, -0.2) is 33.9 Å². The van der Waals surface area contributed by atoms with Crippen molar-refractivity contribution in [1.82, 2.24) is 10.0 Å². The van der Waals surface area contributed by atoms with Crippen molar-refractivity contribution in [2.45, 2.75) is 32.4 Å². The van der Waals surface area contributed by atoms with Crippen LogP contribution in [0, 0.1) is 0 Å². The topological polar surface area (TPSA) is 67.4 Å². The predicted molar refractivity (Wildman–Crippen MR) is 86.5 cm³/mol. The number of nitrogens with one attached hydrogen (secondary N) is 2. The van der Waals surface area contributed by atoms with Crippen LogP contribution < -0.4 is 14.8 Å². The molecule has 0 aliphatic rings. The van der Waals surface area contributed by atoms with E-state index in [1.165, 1.54) is 0 Å². The number of hydrogen-bond donors (Lipinski definition) is 2. The fourth-order valence-electron chi connectivity index (χ4n) is 2.10. The fourth-order valence-corrected chi connectivity index (χ4v) is 3.36. The minimum Gasteiger partial charge on any atom is -0.496 e. The van der Waals surface area contributed by atoms with Crippen molar-refractivity contribution in [2.24, 2.45) is 0 Å². The summed E-state index contributed by atoms with van der Waals surface area (Å²) in [6.07, 6.45) is 1.15. The van der Waals surface area contributed by atoms with Gasteiger partial charge >= 0.3 is 0 Å². The van der Waals surface area contributed by atoms with Crippen LogP contribution >= 0.6 is 11.6 Å². The number of rotatable bonds is 7. The summed E-state index contributed by atoms with van der Waals surface area (Å²) in [4.78, 5) is 0. The highest BCUT2D eigenvalue weighted by atomic mass is 35.5. The number of sulfonamides is 1. The first-order chi connectivity index (χ1) is 9.54. The van der Waals surface area contributed by atoms with Crippen LogP contribution in [0.4, 0.5) is 0 Å². The lowest BCUT2D eigenvalue weighted by Gasteiger charge is -2.28. The Bertz CT molecular complexity index is 588. The molecule has 2 N–H and O–H groups in total. The van der Waals surface area contributed by atoms with Crippen LogP contribution in [0.3, 0.4) is 0 Å². The van der Waals surface area contributed by atoms with Gasteiger partial charge < -0.3 is 10.1 Å². The molecule has 0 aliphatic heterocycles. The molecule has 1 aromatic rings. The maximum atomic E-state index is 11.3. The van der Waals surface area contributed by atoms with Crippen molar-refractivity contribution in [3.63, 3.8) is 0 Å². The minimum absolute atomic E-state index is 0.0284. The summed E-state index contributed by atoms with van der Waals surface area (Å²) in [5.41, 5.74) is 0.341. The first-order valence-electron chi connectivity index (χ1n) is 6.60. The smallest absolute Gasteiger partial charge is 0.209 e. The van der Waals surface area contributed by atoms with E-state index in [9.17, 15) is 8.42 Å². The largest absolute Gasteiger partial charge is 0.496 e. The summed E-state index contributed by atoms with van der Waals surface area (Å²) >= 11 is 6.02. The lowest BCUT2D eigenvalue weighted by molar-refractivity contribution is 0.380. The Hall–Kier alpha value is -0.820. The van der Waals surface area contributed by atoms with E-state index in [1.807, 2.05) is 32.9 Å². The molecule has 0 bridgehead atoms. The van der Waals surface area contributed by atoms with Gasteiger partial charge in [-0.3, -0.25) is 0 Å². The molecule has 0 aromatic heterocycles. The molecule has 0 radical (unpaired) electrons. The standard InChI is InChI=1S/C14H23ClN2O3S/c1-10(12-8-11(15)6-7-13(12)20-4)16-9-14(2,3)17-21(5,18)19/h6-8,10,16-17H,9H2,1-5H3/t10-/m0/s1. The van der Waals surface area contributed by atoms with Gasteiger partial charge in [0.2, 0.25) is 10.0 Å². The van der Waals surface area contributed by atoms with Gasteiger partial charge in [-0.15, -0.1) is 0 Å². The second-order valence-corrected chi connectivity index (χ2v) is 7.93. The van der Waals surface area contributed by atoms with E-state index >= 15 is 0 Å². The van der Waals surface area contributed by atoms with Crippen molar-refractivity contribution in [3.05, 3.63) is 28.8 Å². The molecular weight excluding hydrogens is 312 g/mol. The molecular formula is C14H23ClN2O3S. The molecule has 0 amide bonds. The molecule has 7 heteroatoms. The fraction of sp³-hybridized carbons (Fsp3) is 0.571. The van der Waals surface area contributed by atoms with Crippen molar-refractivity contribution >= 4 is 21.6 Å². The summed E-state index contributed by atoms with van der Waals surface area (Å²) in [6, 6.07) is 5.40. The maximum absolute atomic E-state index is 11.3. The van der Waals surface area contributed by atoms with E-state index in [4.69, 9.17) is 16.3 Å². The van der Waals surface area contributed by atoms with E-state index in [0.29, 0.717) is 11.6 Å². The van der Waals surface area contributed by atoms with Crippen molar-refractivity contribution in [1.29, 1.82) is 0 Å². The average molecular weight is 335 g/mol. The Morgan fingerprint density at radius 3 is 2.52 bits per heavy atom. The summed E-state index contributed by atoms with van der Waals surface area (Å²) in [5.74, 6) is 0.744. The number of halogens is 1. The molecule has 0 heterocycles. The van der Waals surface area contributed by atoms with Crippen LogP contribution in [0.15, 0.2) is 18.2 Å². The van der Waals surface area contributed by atoms with Crippen LogP contribution in [0.25, 0.3) is 0 Å². The normalized spacial score (nSPS) is 14.0. The zero-order chi connectivity index (χ0) is 16.3. The Morgan fingerprint density at radius 2 is 2.00 bits per heavy atom. The molecule has 0 aliphatic carbocycles. The van der Waals surface area contributed by atoms with E-state index < -0.39 is 15.6 Å². The molecule has 0 saturated heterocycles. The molecule has 0 unspecified atom stereocenters. The maximum Gasteiger partial charge on any atom is 0.209 e. The monoisotopic (exact) mass is 334 g/mol. The lowest BCUT2D eigenvalue weighted by atomic mass is 10.0. The van der Waals surface area contributed by atoms with Crippen LogP contribution in [-0.2, 0) is 10.0 Å². The molecule has 1 rings (SSSR count). The second-order valence-electron chi connectivity index (χ2n) is 5.75. The zero-order valence-corrected chi connectivity index (χ0v) is 14.6.